The predicted octanol–water partition coefficient (Wildman–Crippen LogP) is 28.0. The number of unbranched alkanes of at least 4 members (excludes halogenated alkanes) is 62. The second kappa shape index (κ2) is 75.7. The highest BCUT2D eigenvalue weighted by molar-refractivity contribution is 7.47. The molecule has 2 atom stereocenters. The van der Waals surface area contributed by atoms with Gasteiger partial charge in [0.1, 0.15) is 19.8 Å². The number of likely N-dealkylation sites (N-methyl/N-ethyl adjacent to an activating group) is 1. The van der Waals surface area contributed by atoms with Crippen LogP contribution in [-0.2, 0) is 32.7 Å². The first-order valence-electron chi connectivity index (χ1n) is 42.1. The summed E-state index contributed by atoms with van der Waals surface area (Å²) in [6.45, 7) is 4.52. The van der Waals surface area contributed by atoms with Crippen molar-refractivity contribution < 1.29 is 42.1 Å². The van der Waals surface area contributed by atoms with Crippen molar-refractivity contribution in [1.29, 1.82) is 0 Å². The summed E-state index contributed by atoms with van der Waals surface area (Å²) < 4.78 is 34.9. The average molecular weight is 1350 g/mol. The van der Waals surface area contributed by atoms with Gasteiger partial charge in [-0.2, -0.15) is 0 Å². The molecule has 0 rings (SSSR count). The van der Waals surface area contributed by atoms with Gasteiger partial charge in [0, 0.05) is 12.8 Å². The third-order valence-corrected chi connectivity index (χ3v) is 20.5. The molecule has 0 aliphatic heterocycles. The molecule has 0 heterocycles. The van der Waals surface area contributed by atoms with E-state index in [1.165, 1.54) is 379 Å². The van der Waals surface area contributed by atoms with E-state index in [1.807, 2.05) is 21.1 Å². The molecule has 0 saturated carbocycles. The van der Waals surface area contributed by atoms with E-state index in [0.717, 1.165) is 44.9 Å². The van der Waals surface area contributed by atoms with E-state index in [2.05, 4.69) is 38.2 Å². The van der Waals surface area contributed by atoms with Crippen LogP contribution in [0.1, 0.15) is 450 Å². The monoisotopic (exact) mass is 1350 g/mol. The van der Waals surface area contributed by atoms with Gasteiger partial charge >= 0.3 is 19.8 Å². The lowest BCUT2D eigenvalue weighted by Gasteiger charge is -2.24. The van der Waals surface area contributed by atoms with Gasteiger partial charge in [0.05, 0.1) is 27.7 Å². The van der Waals surface area contributed by atoms with Crippen LogP contribution < -0.4 is 0 Å². The van der Waals surface area contributed by atoms with Gasteiger partial charge in [-0.25, -0.2) is 4.57 Å². The number of nitrogens with zero attached hydrogens (tertiary/aromatic N) is 1. The number of quaternary nitrogens is 1. The lowest BCUT2D eigenvalue weighted by atomic mass is 10.0. The van der Waals surface area contributed by atoms with Crippen LogP contribution in [0.25, 0.3) is 0 Å². The third-order valence-electron chi connectivity index (χ3n) is 19.5. The first-order chi connectivity index (χ1) is 46.0. The SMILES string of the molecule is CCCCCCC/C=C\C/C=C\CCCCCCCCCCCCCCCCCCCCCCCC(=O)OC(COC(=O)CCCCCCCCCCCCCCCCCCCCCCCCCCCCCCCCCCCCCCC)COP(=O)(O)OCC[N+](C)(C)C. The molecule has 1 N–H and O–H groups in total. The van der Waals surface area contributed by atoms with E-state index in [1.54, 1.807) is 0 Å². The normalized spacial score (nSPS) is 13.0. The van der Waals surface area contributed by atoms with E-state index >= 15 is 0 Å². The second-order valence-corrected chi connectivity index (χ2v) is 31.7. The van der Waals surface area contributed by atoms with Gasteiger partial charge in [-0.05, 0) is 44.9 Å². The molecular weight excluding hydrogens is 1180 g/mol. The molecule has 9 nitrogen and oxygen atoms in total. The predicted molar refractivity (Wildman–Crippen MR) is 409 cm³/mol. The fourth-order valence-corrected chi connectivity index (χ4v) is 13.8. The Morgan fingerprint density at radius 1 is 0.330 bits per heavy atom. The number of phosphoric acid groups is 1. The first-order valence-corrected chi connectivity index (χ1v) is 43.6. The summed E-state index contributed by atoms with van der Waals surface area (Å²) in [5.74, 6) is -0.768. The molecule has 558 valence electrons. The zero-order chi connectivity index (χ0) is 68.3. The van der Waals surface area contributed by atoms with Crippen molar-refractivity contribution in [3.8, 4) is 0 Å². The lowest BCUT2D eigenvalue weighted by Crippen LogP contribution is -2.37. The summed E-state index contributed by atoms with van der Waals surface area (Å²) in [4.78, 5) is 36.0. The van der Waals surface area contributed by atoms with E-state index in [9.17, 15) is 19.0 Å². The zero-order valence-corrected chi connectivity index (χ0v) is 64.9. The molecule has 0 fully saturated rings. The number of allylic oxidation sites excluding steroid dienone is 4. The van der Waals surface area contributed by atoms with Crippen molar-refractivity contribution in [3.63, 3.8) is 0 Å². The fourth-order valence-electron chi connectivity index (χ4n) is 13.1. The van der Waals surface area contributed by atoms with Gasteiger partial charge in [-0.15, -0.1) is 0 Å². The molecule has 0 aliphatic carbocycles. The summed E-state index contributed by atoms with van der Waals surface area (Å²) in [7, 11) is 1.51. The Morgan fingerprint density at radius 3 is 0.840 bits per heavy atom. The molecular formula is C84H165NO8P+. The minimum absolute atomic E-state index is 0.0362. The number of phosphoric ester groups is 1. The summed E-state index contributed by atoms with van der Waals surface area (Å²) >= 11 is 0. The largest absolute Gasteiger partial charge is 0.472 e. The van der Waals surface area contributed by atoms with Crippen molar-refractivity contribution in [2.75, 3.05) is 47.5 Å². The van der Waals surface area contributed by atoms with Gasteiger partial charge in [0.15, 0.2) is 6.10 Å². The van der Waals surface area contributed by atoms with Gasteiger partial charge in [-0.1, -0.05) is 417 Å². The van der Waals surface area contributed by atoms with Crippen molar-refractivity contribution in [2.45, 2.75) is 457 Å². The van der Waals surface area contributed by atoms with E-state index in [-0.39, 0.29) is 25.6 Å². The highest BCUT2D eigenvalue weighted by Gasteiger charge is 2.27. The van der Waals surface area contributed by atoms with Crippen LogP contribution in [0, 0.1) is 0 Å². The Morgan fingerprint density at radius 2 is 0.574 bits per heavy atom. The number of hydrogen-bond donors (Lipinski definition) is 1. The molecule has 0 aromatic rings. The van der Waals surface area contributed by atoms with Crippen LogP contribution in [0.2, 0.25) is 0 Å². The van der Waals surface area contributed by atoms with Gasteiger partial charge < -0.3 is 18.9 Å². The Bertz CT molecular complexity index is 1630. The second-order valence-electron chi connectivity index (χ2n) is 30.2. The maximum atomic E-state index is 12.9. The minimum atomic E-state index is -4.39. The molecule has 0 aromatic carbocycles. The maximum Gasteiger partial charge on any atom is 0.472 e. The molecule has 0 saturated heterocycles. The summed E-state index contributed by atoms with van der Waals surface area (Å²) in [5.41, 5.74) is 0. The van der Waals surface area contributed by atoms with Crippen LogP contribution in [0.15, 0.2) is 24.3 Å². The third kappa shape index (κ3) is 79.5. The van der Waals surface area contributed by atoms with Crippen molar-refractivity contribution in [3.05, 3.63) is 24.3 Å². The van der Waals surface area contributed by atoms with Crippen molar-refractivity contribution >= 4 is 19.8 Å². The fraction of sp³-hybridized carbons (Fsp3) is 0.929. The molecule has 94 heavy (non-hydrogen) atoms. The van der Waals surface area contributed by atoms with Crippen LogP contribution in [-0.4, -0.2) is 74.9 Å². The summed E-state index contributed by atoms with van der Waals surface area (Å²) in [6, 6.07) is 0. The van der Waals surface area contributed by atoms with Crippen LogP contribution in [0.3, 0.4) is 0 Å². The standard InChI is InChI=1S/C84H164NO8P/c1-6-8-10-12-14-16-18-20-22-24-26-28-30-32-34-36-38-40-41-42-43-45-46-48-50-52-54-56-58-60-62-64-66-68-70-72-74-76-83(86)90-80-82(81-92-94(88,89)91-79-78-85(3,4)5)93-84(87)77-75-73-71-69-67-65-63-61-59-57-55-53-51-49-47-44-39-37-35-33-31-29-27-25-23-21-19-17-15-13-11-9-7-2/h19,21,25,27,82H,6-18,20,22-24,26,28-81H2,1-5H3/p+1/b21-19-,27-25-. The molecule has 10 heteroatoms. The topological polar surface area (TPSA) is 108 Å². The van der Waals surface area contributed by atoms with E-state index < -0.39 is 26.5 Å². The van der Waals surface area contributed by atoms with Gasteiger partial charge in [-0.3, -0.25) is 18.6 Å². The highest BCUT2D eigenvalue weighted by Crippen LogP contribution is 2.43. The molecule has 0 aromatic heterocycles. The molecule has 0 bridgehead atoms. The number of carbonyl (C=O) groups is 2. The van der Waals surface area contributed by atoms with Crippen LogP contribution >= 0.6 is 7.82 Å². The molecule has 2 unspecified atom stereocenters. The highest BCUT2D eigenvalue weighted by atomic mass is 31.2. The number of esters is 2. The van der Waals surface area contributed by atoms with Crippen molar-refractivity contribution in [1.82, 2.24) is 0 Å². The Balaban J connectivity index is 3.87. The molecule has 0 amide bonds. The summed E-state index contributed by atoms with van der Waals surface area (Å²) in [5, 5.41) is 0. The summed E-state index contributed by atoms with van der Waals surface area (Å²) in [6.07, 6.45) is 97.8. The van der Waals surface area contributed by atoms with Crippen LogP contribution in [0.5, 0.6) is 0 Å². The van der Waals surface area contributed by atoms with Gasteiger partial charge in [0.2, 0.25) is 0 Å². The Hall–Kier alpha value is -1.51. The zero-order valence-electron chi connectivity index (χ0n) is 64.0. The van der Waals surface area contributed by atoms with E-state index in [0.29, 0.717) is 17.4 Å². The Kier molecular flexibility index (Phi) is 74.5. The number of carbonyl (C=O) groups excluding carboxylic acids is 2. The average Bonchev–Trinajstić information content (AvgIpc) is 1.56. The number of rotatable bonds is 80. The lowest BCUT2D eigenvalue weighted by molar-refractivity contribution is -0.870. The van der Waals surface area contributed by atoms with E-state index in [4.69, 9.17) is 18.5 Å². The van der Waals surface area contributed by atoms with Crippen LogP contribution in [0.4, 0.5) is 0 Å². The quantitative estimate of drug-likeness (QED) is 0.0211. The minimum Gasteiger partial charge on any atom is -0.462 e. The van der Waals surface area contributed by atoms with Crippen molar-refractivity contribution in [2.24, 2.45) is 0 Å². The maximum absolute atomic E-state index is 12.9. The number of ether oxygens (including phenoxy) is 2. The first kappa shape index (κ1) is 92.5. The smallest absolute Gasteiger partial charge is 0.462 e. The number of hydrogen-bond acceptors (Lipinski definition) is 7. The van der Waals surface area contributed by atoms with Gasteiger partial charge in [0.25, 0.3) is 0 Å². The Labute approximate surface area is 587 Å². The molecule has 0 aliphatic rings. The molecule has 0 radical (unpaired) electrons. The molecule has 0 spiro atoms.